The molecule has 7 nitrogen and oxygen atoms in total. The first-order valence-corrected chi connectivity index (χ1v) is 9.20. The first kappa shape index (κ1) is 18.2. The minimum absolute atomic E-state index is 0.0535. The van der Waals surface area contributed by atoms with E-state index in [4.69, 9.17) is 14.2 Å². The van der Waals surface area contributed by atoms with Gasteiger partial charge in [0.25, 0.3) is 0 Å². The van der Waals surface area contributed by atoms with Gasteiger partial charge < -0.3 is 24.1 Å². The van der Waals surface area contributed by atoms with E-state index in [9.17, 15) is 4.79 Å². The summed E-state index contributed by atoms with van der Waals surface area (Å²) in [6, 6.07) is 11.4. The van der Waals surface area contributed by atoms with Crippen molar-refractivity contribution in [3.8, 4) is 17.2 Å². The third-order valence-electron chi connectivity index (χ3n) is 5.04. The fraction of sp³-hybridized carbons (Fsp3) is 0.333. The monoisotopic (exact) mass is 381 g/mol. The molecule has 1 aromatic heterocycles. The van der Waals surface area contributed by atoms with Gasteiger partial charge >= 0.3 is 0 Å². The van der Waals surface area contributed by atoms with Gasteiger partial charge in [0, 0.05) is 24.1 Å². The predicted molar refractivity (Wildman–Crippen MR) is 105 cm³/mol. The third-order valence-corrected chi connectivity index (χ3v) is 5.04. The van der Waals surface area contributed by atoms with Crippen LogP contribution in [0.2, 0.25) is 0 Å². The Bertz CT molecular complexity index is 1030. The maximum atomic E-state index is 12.8. The van der Waals surface area contributed by atoms with Crippen molar-refractivity contribution in [3.63, 3.8) is 0 Å². The van der Waals surface area contributed by atoms with Crippen molar-refractivity contribution in [2.45, 2.75) is 25.9 Å². The summed E-state index contributed by atoms with van der Waals surface area (Å²) >= 11 is 0. The molecule has 0 fully saturated rings. The standard InChI is InChI=1S/C21H23N3O4/c1-13-22-16-10-19(26-2)20(27-3)11-17(16)24(13)12-21(25)23-15-8-9-28-18-7-5-4-6-14(15)18/h4-7,10-11,15H,8-9,12H2,1-3H3,(H,23,25). The summed E-state index contributed by atoms with van der Waals surface area (Å²) in [7, 11) is 3.18. The topological polar surface area (TPSA) is 74.6 Å². The number of para-hydroxylation sites is 1. The van der Waals surface area contributed by atoms with E-state index < -0.39 is 0 Å². The van der Waals surface area contributed by atoms with Crippen LogP contribution in [0, 0.1) is 6.92 Å². The Morgan fingerprint density at radius 2 is 2.00 bits per heavy atom. The number of aromatic nitrogens is 2. The number of hydrogen-bond donors (Lipinski definition) is 1. The number of carbonyl (C=O) groups is 1. The van der Waals surface area contributed by atoms with E-state index in [0.717, 1.165) is 34.6 Å². The fourth-order valence-corrected chi connectivity index (χ4v) is 3.65. The van der Waals surface area contributed by atoms with Gasteiger partial charge in [-0.15, -0.1) is 0 Å². The zero-order valence-corrected chi connectivity index (χ0v) is 16.2. The first-order chi connectivity index (χ1) is 13.6. The SMILES string of the molecule is COc1cc2nc(C)n(CC(=O)NC3CCOc4ccccc43)c2cc1OC. The van der Waals surface area contributed by atoms with Crippen LogP contribution in [0.5, 0.6) is 17.2 Å². The quantitative estimate of drug-likeness (QED) is 0.735. The number of fused-ring (bicyclic) bond motifs is 2. The predicted octanol–water partition coefficient (Wildman–Crippen LogP) is 3.00. The lowest BCUT2D eigenvalue weighted by molar-refractivity contribution is -0.122. The number of imidazole rings is 1. The summed E-state index contributed by atoms with van der Waals surface area (Å²) in [5.41, 5.74) is 2.61. The molecule has 1 amide bonds. The van der Waals surface area contributed by atoms with Crippen LogP contribution in [0.25, 0.3) is 11.0 Å². The molecule has 0 spiro atoms. The van der Waals surface area contributed by atoms with Crippen molar-refractivity contribution < 1.29 is 19.0 Å². The highest BCUT2D eigenvalue weighted by Gasteiger charge is 2.23. The Hall–Kier alpha value is -3.22. The van der Waals surface area contributed by atoms with Gasteiger partial charge in [-0.25, -0.2) is 4.98 Å². The van der Waals surface area contributed by atoms with E-state index in [2.05, 4.69) is 10.3 Å². The lowest BCUT2D eigenvalue weighted by Crippen LogP contribution is -2.34. The van der Waals surface area contributed by atoms with E-state index in [1.54, 1.807) is 14.2 Å². The van der Waals surface area contributed by atoms with Gasteiger partial charge in [0.15, 0.2) is 11.5 Å². The summed E-state index contributed by atoms with van der Waals surface area (Å²) in [6.45, 7) is 2.65. The van der Waals surface area contributed by atoms with Gasteiger partial charge in [0.2, 0.25) is 5.91 Å². The van der Waals surface area contributed by atoms with E-state index in [1.165, 1.54) is 0 Å². The molecule has 1 N–H and O–H groups in total. The third kappa shape index (κ3) is 3.24. The second-order valence-corrected chi connectivity index (χ2v) is 6.74. The lowest BCUT2D eigenvalue weighted by Gasteiger charge is -2.26. The van der Waals surface area contributed by atoms with Gasteiger partial charge in [-0.1, -0.05) is 18.2 Å². The van der Waals surface area contributed by atoms with E-state index >= 15 is 0 Å². The molecule has 2 heterocycles. The van der Waals surface area contributed by atoms with Crippen LogP contribution < -0.4 is 19.5 Å². The summed E-state index contributed by atoms with van der Waals surface area (Å²) in [5.74, 6) is 2.74. The number of rotatable bonds is 5. The molecule has 3 aromatic rings. The zero-order chi connectivity index (χ0) is 19.7. The van der Waals surface area contributed by atoms with Crippen molar-refractivity contribution in [2.24, 2.45) is 0 Å². The average molecular weight is 381 g/mol. The number of nitrogens with zero attached hydrogens (tertiary/aromatic N) is 2. The maximum absolute atomic E-state index is 12.8. The van der Waals surface area contributed by atoms with Crippen molar-refractivity contribution in [1.82, 2.24) is 14.9 Å². The molecule has 4 rings (SSSR count). The summed E-state index contributed by atoms with van der Waals surface area (Å²) in [5, 5.41) is 3.13. The van der Waals surface area contributed by atoms with Gasteiger partial charge in [0.05, 0.1) is 37.9 Å². The van der Waals surface area contributed by atoms with Gasteiger partial charge in [-0.3, -0.25) is 4.79 Å². The highest BCUT2D eigenvalue weighted by Crippen LogP contribution is 2.33. The molecule has 0 radical (unpaired) electrons. The molecule has 1 aliphatic heterocycles. The number of carbonyl (C=O) groups excluding carboxylic acids is 1. The molecule has 1 unspecified atom stereocenters. The Morgan fingerprint density at radius 1 is 1.25 bits per heavy atom. The summed E-state index contributed by atoms with van der Waals surface area (Å²) in [4.78, 5) is 17.4. The number of ether oxygens (including phenoxy) is 3. The molecule has 2 aromatic carbocycles. The van der Waals surface area contributed by atoms with Gasteiger partial charge in [-0.05, 0) is 13.0 Å². The number of benzene rings is 2. The Balaban J connectivity index is 1.58. The smallest absolute Gasteiger partial charge is 0.240 e. The van der Waals surface area contributed by atoms with Gasteiger partial charge in [-0.2, -0.15) is 0 Å². The van der Waals surface area contributed by atoms with Crippen LogP contribution in [0.1, 0.15) is 23.9 Å². The molecule has 0 saturated heterocycles. The zero-order valence-electron chi connectivity index (χ0n) is 16.2. The molecule has 28 heavy (non-hydrogen) atoms. The molecule has 1 aliphatic rings. The fourth-order valence-electron chi connectivity index (χ4n) is 3.65. The first-order valence-electron chi connectivity index (χ1n) is 9.20. The van der Waals surface area contributed by atoms with Crippen LogP contribution in [-0.4, -0.2) is 36.3 Å². The van der Waals surface area contributed by atoms with Crippen LogP contribution in [-0.2, 0) is 11.3 Å². The average Bonchev–Trinajstić information content (AvgIpc) is 3.01. The van der Waals surface area contributed by atoms with Crippen molar-refractivity contribution >= 4 is 16.9 Å². The molecule has 0 saturated carbocycles. The molecule has 1 atom stereocenters. The normalized spacial score (nSPS) is 15.6. The minimum atomic E-state index is -0.0705. The molecule has 146 valence electrons. The molecular weight excluding hydrogens is 358 g/mol. The van der Waals surface area contributed by atoms with Crippen molar-refractivity contribution in [3.05, 3.63) is 47.8 Å². The Kier molecular flexibility index (Phi) is 4.81. The van der Waals surface area contributed by atoms with E-state index in [-0.39, 0.29) is 18.5 Å². The van der Waals surface area contributed by atoms with E-state index in [1.807, 2.05) is 47.9 Å². The molecule has 7 heteroatoms. The molecular formula is C21H23N3O4. The Labute approximate surface area is 163 Å². The van der Waals surface area contributed by atoms with Crippen molar-refractivity contribution in [1.29, 1.82) is 0 Å². The minimum Gasteiger partial charge on any atom is -0.493 e. The highest BCUT2D eigenvalue weighted by atomic mass is 16.5. The summed E-state index contributed by atoms with van der Waals surface area (Å²) in [6.07, 6.45) is 0.747. The van der Waals surface area contributed by atoms with Crippen LogP contribution in [0.4, 0.5) is 0 Å². The van der Waals surface area contributed by atoms with Crippen molar-refractivity contribution in [2.75, 3.05) is 20.8 Å². The van der Waals surface area contributed by atoms with Gasteiger partial charge in [0.1, 0.15) is 18.1 Å². The molecule has 0 aliphatic carbocycles. The molecule has 0 bridgehead atoms. The lowest BCUT2D eigenvalue weighted by atomic mass is 10.0. The second-order valence-electron chi connectivity index (χ2n) is 6.74. The van der Waals surface area contributed by atoms with E-state index in [0.29, 0.717) is 18.1 Å². The highest BCUT2D eigenvalue weighted by molar-refractivity contribution is 5.84. The number of aryl methyl sites for hydroxylation is 1. The second kappa shape index (κ2) is 7.42. The number of hydrogen-bond acceptors (Lipinski definition) is 5. The largest absolute Gasteiger partial charge is 0.493 e. The van der Waals surface area contributed by atoms with Crippen LogP contribution in [0.15, 0.2) is 36.4 Å². The number of amides is 1. The Morgan fingerprint density at radius 3 is 2.79 bits per heavy atom. The van der Waals surface area contributed by atoms with Crippen LogP contribution in [0.3, 0.4) is 0 Å². The maximum Gasteiger partial charge on any atom is 0.240 e. The number of nitrogens with one attached hydrogen (secondary N) is 1. The summed E-state index contributed by atoms with van der Waals surface area (Å²) < 4.78 is 18.3. The number of methoxy groups -OCH3 is 2. The van der Waals surface area contributed by atoms with Crippen LogP contribution >= 0.6 is 0 Å².